The van der Waals surface area contributed by atoms with Crippen LogP contribution >= 0.6 is 11.6 Å². The summed E-state index contributed by atoms with van der Waals surface area (Å²) in [4.78, 5) is 15.7. The Morgan fingerprint density at radius 3 is 2.59 bits per heavy atom. The normalized spacial score (nSPS) is 10.5. The lowest BCUT2D eigenvalue weighted by Crippen LogP contribution is -2.13. The molecule has 0 aliphatic carbocycles. The SMILES string of the molecule is COc1ccc(-c2noc(COc3cc(Cl)ccc3C(N)=O)n2)cc1OC. The number of aromatic nitrogens is 2. The van der Waals surface area contributed by atoms with Crippen LogP contribution in [-0.4, -0.2) is 30.3 Å². The summed E-state index contributed by atoms with van der Waals surface area (Å²) in [6, 6.07) is 9.79. The minimum atomic E-state index is -0.627. The van der Waals surface area contributed by atoms with Gasteiger partial charge in [0.15, 0.2) is 18.1 Å². The van der Waals surface area contributed by atoms with Crippen molar-refractivity contribution in [3.8, 4) is 28.6 Å². The van der Waals surface area contributed by atoms with Crippen LogP contribution < -0.4 is 19.9 Å². The number of nitrogens with two attached hydrogens (primary N) is 1. The number of hydrogen-bond acceptors (Lipinski definition) is 7. The van der Waals surface area contributed by atoms with Gasteiger partial charge in [-0.15, -0.1) is 0 Å². The molecule has 0 aliphatic rings. The van der Waals surface area contributed by atoms with Crippen molar-refractivity contribution in [3.63, 3.8) is 0 Å². The number of benzene rings is 2. The fraction of sp³-hybridized carbons (Fsp3) is 0.167. The van der Waals surface area contributed by atoms with Crippen molar-refractivity contribution in [1.29, 1.82) is 0 Å². The molecule has 0 saturated carbocycles. The van der Waals surface area contributed by atoms with Gasteiger partial charge in [0.2, 0.25) is 5.82 Å². The molecule has 3 aromatic rings. The van der Waals surface area contributed by atoms with E-state index in [0.29, 0.717) is 27.9 Å². The topological polar surface area (TPSA) is 110 Å². The van der Waals surface area contributed by atoms with Crippen molar-refractivity contribution in [2.75, 3.05) is 14.2 Å². The third kappa shape index (κ3) is 4.12. The number of carbonyl (C=O) groups excluding carboxylic acids is 1. The van der Waals surface area contributed by atoms with E-state index < -0.39 is 5.91 Å². The van der Waals surface area contributed by atoms with Crippen LogP contribution in [0, 0.1) is 0 Å². The Bertz CT molecular complexity index is 973. The lowest BCUT2D eigenvalue weighted by atomic mass is 10.2. The summed E-state index contributed by atoms with van der Waals surface area (Å²) in [5.74, 6) is 1.32. The van der Waals surface area contributed by atoms with Gasteiger partial charge in [0.25, 0.3) is 11.8 Å². The lowest BCUT2D eigenvalue weighted by molar-refractivity contribution is 0.0995. The number of primary amides is 1. The predicted molar refractivity (Wildman–Crippen MR) is 97.1 cm³/mol. The summed E-state index contributed by atoms with van der Waals surface area (Å²) in [5, 5.41) is 4.33. The van der Waals surface area contributed by atoms with Gasteiger partial charge in [-0.05, 0) is 36.4 Å². The molecular formula is C18H16ClN3O5. The summed E-state index contributed by atoms with van der Waals surface area (Å²) in [6.45, 7) is -0.0547. The molecule has 0 saturated heterocycles. The molecular weight excluding hydrogens is 374 g/mol. The molecule has 0 atom stereocenters. The van der Waals surface area contributed by atoms with Gasteiger partial charge in [-0.3, -0.25) is 4.79 Å². The van der Waals surface area contributed by atoms with E-state index in [1.165, 1.54) is 12.1 Å². The van der Waals surface area contributed by atoms with Gasteiger partial charge < -0.3 is 24.5 Å². The van der Waals surface area contributed by atoms with E-state index in [9.17, 15) is 4.79 Å². The van der Waals surface area contributed by atoms with Gasteiger partial charge in [-0.2, -0.15) is 4.98 Å². The summed E-state index contributed by atoms with van der Waals surface area (Å²) in [7, 11) is 3.09. The number of nitrogens with zero attached hydrogens (tertiary/aromatic N) is 2. The van der Waals surface area contributed by atoms with Crippen LogP contribution in [0.1, 0.15) is 16.2 Å². The van der Waals surface area contributed by atoms with Gasteiger partial charge >= 0.3 is 0 Å². The molecule has 0 bridgehead atoms. The van der Waals surface area contributed by atoms with Gasteiger partial charge in [0, 0.05) is 10.6 Å². The number of hydrogen-bond donors (Lipinski definition) is 1. The molecule has 8 nitrogen and oxygen atoms in total. The highest BCUT2D eigenvalue weighted by atomic mass is 35.5. The third-order valence-corrected chi connectivity index (χ3v) is 3.91. The second-order valence-corrected chi connectivity index (χ2v) is 5.81. The Morgan fingerprint density at radius 1 is 1.11 bits per heavy atom. The van der Waals surface area contributed by atoms with Crippen LogP contribution in [0.4, 0.5) is 0 Å². The van der Waals surface area contributed by atoms with Crippen molar-refractivity contribution < 1.29 is 23.5 Å². The molecule has 1 heterocycles. The van der Waals surface area contributed by atoms with Crippen LogP contribution in [0.2, 0.25) is 5.02 Å². The van der Waals surface area contributed by atoms with Gasteiger partial charge in [-0.25, -0.2) is 0 Å². The Morgan fingerprint density at radius 2 is 1.89 bits per heavy atom. The van der Waals surface area contributed by atoms with Gasteiger partial charge in [0.1, 0.15) is 5.75 Å². The highest BCUT2D eigenvalue weighted by molar-refractivity contribution is 6.30. The van der Waals surface area contributed by atoms with Gasteiger partial charge in [0.05, 0.1) is 19.8 Å². The molecule has 0 unspecified atom stereocenters. The second-order valence-electron chi connectivity index (χ2n) is 5.37. The first-order valence-corrected chi connectivity index (χ1v) is 8.16. The van der Waals surface area contributed by atoms with Crippen molar-refractivity contribution in [2.24, 2.45) is 5.73 Å². The maximum atomic E-state index is 11.5. The number of rotatable bonds is 7. The second kappa shape index (κ2) is 7.96. The van der Waals surface area contributed by atoms with Crippen molar-refractivity contribution in [1.82, 2.24) is 10.1 Å². The fourth-order valence-electron chi connectivity index (χ4n) is 2.36. The average Bonchev–Trinajstić information content (AvgIpc) is 3.14. The summed E-state index contributed by atoms with van der Waals surface area (Å²) in [5.41, 5.74) is 6.22. The molecule has 2 N–H and O–H groups in total. The van der Waals surface area contributed by atoms with E-state index in [1.807, 2.05) is 0 Å². The Labute approximate surface area is 159 Å². The van der Waals surface area contributed by atoms with Crippen molar-refractivity contribution in [2.45, 2.75) is 6.61 Å². The molecule has 0 fully saturated rings. The molecule has 0 aliphatic heterocycles. The average molecular weight is 390 g/mol. The van der Waals surface area contributed by atoms with E-state index >= 15 is 0 Å². The molecule has 2 aromatic carbocycles. The zero-order valence-corrected chi connectivity index (χ0v) is 15.3. The minimum absolute atomic E-state index is 0.0547. The smallest absolute Gasteiger partial charge is 0.264 e. The first-order chi connectivity index (χ1) is 13.0. The molecule has 0 radical (unpaired) electrons. The number of halogens is 1. The molecule has 0 spiro atoms. The van der Waals surface area contributed by atoms with Crippen molar-refractivity contribution in [3.05, 3.63) is 52.9 Å². The maximum Gasteiger partial charge on any atom is 0.264 e. The maximum absolute atomic E-state index is 11.5. The molecule has 9 heteroatoms. The van der Waals surface area contributed by atoms with E-state index in [2.05, 4.69) is 10.1 Å². The third-order valence-electron chi connectivity index (χ3n) is 3.67. The standard InChI is InChI=1S/C18H16ClN3O5/c1-24-13-6-3-10(7-15(13)25-2)18-21-16(27-22-18)9-26-14-8-11(19)4-5-12(14)17(20)23/h3-8H,9H2,1-2H3,(H2,20,23). The summed E-state index contributed by atoms with van der Waals surface area (Å²) in [6.07, 6.45) is 0. The zero-order chi connectivity index (χ0) is 19.4. The molecule has 3 rings (SSSR count). The van der Waals surface area contributed by atoms with Crippen LogP contribution in [0.5, 0.6) is 17.2 Å². The van der Waals surface area contributed by atoms with E-state index in [0.717, 1.165) is 0 Å². The number of ether oxygens (including phenoxy) is 3. The first kappa shape index (κ1) is 18.5. The van der Waals surface area contributed by atoms with E-state index in [-0.39, 0.29) is 23.8 Å². The predicted octanol–water partition coefficient (Wildman–Crippen LogP) is 3.09. The highest BCUT2D eigenvalue weighted by Gasteiger charge is 2.15. The number of methoxy groups -OCH3 is 2. The molecule has 1 aromatic heterocycles. The summed E-state index contributed by atoms with van der Waals surface area (Å²) >= 11 is 5.94. The monoisotopic (exact) mass is 389 g/mol. The largest absolute Gasteiger partial charge is 0.493 e. The van der Waals surface area contributed by atoms with Crippen LogP contribution in [-0.2, 0) is 6.61 Å². The van der Waals surface area contributed by atoms with Crippen LogP contribution in [0.15, 0.2) is 40.9 Å². The van der Waals surface area contributed by atoms with E-state index in [4.69, 9.17) is 36.1 Å². The first-order valence-electron chi connectivity index (χ1n) is 7.79. The Hall–Kier alpha value is -3.26. The Kier molecular flexibility index (Phi) is 5.46. The quantitative estimate of drug-likeness (QED) is 0.661. The zero-order valence-electron chi connectivity index (χ0n) is 14.6. The molecule has 27 heavy (non-hydrogen) atoms. The summed E-state index contributed by atoms with van der Waals surface area (Å²) < 4.78 is 21.2. The van der Waals surface area contributed by atoms with Crippen molar-refractivity contribution >= 4 is 17.5 Å². The molecule has 1 amide bonds. The number of amides is 1. The minimum Gasteiger partial charge on any atom is -0.493 e. The van der Waals surface area contributed by atoms with Crippen LogP contribution in [0.3, 0.4) is 0 Å². The van der Waals surface area contributed by atoms with E-state index in [1.54, 1.807) is 38.5 Å². The Balaban J connectivity index is 1.78. The van der Waals surface area contributed by atoms with Gasteiger partial charge in [-0.1, -0.05) is 16.8 Å². The highest BCUT2D eigenvalue weighted by Crippen LogP contribution is 2.31. The fourth-order valence-corrected chi connectivity index (χ4v) is 2.53. The lowest BCUT2D eigenvalue weighted by Gasteiger charge is -2.08. The number of carbonyl (C=O) groups is 1. The molecule has 140 valence electrons. The van der Waals surface area contributed by atoms with Crippen LogP contribution in [0.25, 0.3) is 11.4 Å².